The lowest BCUT2D eigenvalue weighted by molar-refractivity contribution is 0.0529. The molecule has 3 aromatic rings. The second kappa shape index (κ2) is 11.6. The van der Waals surface area contributed by atoms with E-state index in [1.54, 1.807) is 47.6 Å². The fourth-order valence-electron chi connectivity index (χ4n) is 3.23. The molecule has 1 amide bonds. The van der Waals surface area contributed by atoms with Crippen molar-refractivity contribution in [2.24, 2.45) is 0 Å². The van der Waals surface area contributed by atoms with Crippen LogP contribution >= 0.6 is 48.0 Å². The summed E-state index contributed by atoms with van der Waals surface area (Å²) in [6.45, 7) is 2.28. The van der Waals surface area contributed by atoms with Gasteiger partial charge in [-0.25, -0.2) is 0 Å². The molecule has 1 aliphatic rings. The minimum absolute atomic E-state index is 0. The fourth-order valence-corrected chi connectivity index (χ4v) is 3.73. The van der Waals surface area contributed by atoms with Crippen molar-refractivity contribution in [1.82, 2.24) is 15.2 Å². The van der Waals surface area contributed by atoms with Crippen LogP contribution in [-0.2, 0) is 0 Å². The number of furan rings is 1. The van der Waals surface area contributed by atoms with E-state index in [0.29, 0.717) is 53.4 Å². The van der Waals surface area contributed by atoms with E-state index in [4.69, 9.17) is 32.4 Å². The monoisotopic (exact) mass is 503 g/mol. The summed E-state index contributed by atoms with van der Waals surface area (Å²) >= 11 is 12.2. The summed E-state index contributed by atoms with van der Waals surface area (Å²) in [4.78, 5) is 18.9. The second-order valence-corrected chi connectivity index (χ2v) is 7.49. The second-order valence-electron chi connectivity index (χ2n) is 6.64. The predicted molar refractivity (Wildman–Crippen MR) is 126 cm³/mol. The first-order chi connectivity index (χ1) is 14.1. The van der Waals surface area contributed by atoms with Crippen LogP contribution in [0.2, 0.25) is 10.0 Å². The molecule has 166 valence electrons. The van der Waals surface area contributed by atoms with Crippen molar-refractivity contribution in [2.45, 2.75) is 6.04 Å². The number of hydrogen-bond acceptors (Lipinski definition) is 5. The van der Waals surface area contributed by atoms with Crippen molar-refractivity contribution in [3.05, 3.63) is 70.7 Å². The van der Waals surface area contributed by atoms with Gasteiger partial charge in [-0.3, -0.25) is 9.78 Å². The molecule has 1 fully saturated rings. The highest BCUT2D eigenvalue weighted by atomic mass is 35.5. The number of ether oxygens (including phenoxy) is 1. The number of benzene rings is 1. The van der Waals surface area contributed by atoms with Crippen LogP contribution in [0.4, 0.5) is 0 Å². The van der Waals surface area contributed by atoms with Gasteiger partial charge >= 0.3 is 0 Å². The maximum atomic E-state index is 13.1. The smallest absolute Gasteiger partial charge is 0.290 e. The van der Waals surface area contributed by atoms with Gasteiger partial charge in [0, 0.05) is 36.4 Å². The Morgan fingerprint density at radius 1 is 1.23 bits per heavy atom. The summed E-state index contributed by atoms with van der Waals surface area (Å²) in [5.41, 5.74) is 0.687. The molecule has 10 heteroatoms. The van der Waals surface area contributed by atoms with Gasteiger partial charge in [0.2, 0.25) is 0 Å². The molecule has 0 bridgehead atoms. The van der Waals surface area contributed by atoms with Crippen LogP contribution < -0.4 is 10.1 Å². The zero-order chi connectivity index (χ0) is 20.2. The first kappa shape index (κ1) is 25.3. The average molecular weight is 505 g/mol. The molecule has 3 heterocycles. The Bertz CT molecular complexity index is 1000. The van der Waals surface area contributed by atoms with E-state index < -0.39 is 0 Å². The molecule has 0 saturated carbocycles. The van der Waals surface area contributed by atoms with Gasteiger partial charge < -0.3 is 19.4 Å². The van der Waals surface area contributed by atoms with Gasteiger partial charge in [-0.1, -0.05) is 23.2 Å². The number of hydrogen-bond donors (Lipinski definition) is 1. The number of amides is 1. The first-order valence-corrected chi connectivity index (χ1v) is 9.97. The Kier molecular flexibility index (Phi) is 9.47. The lowest BCUT2D eigenvalue weighted by Gasteiger charge is -2.35. The molecule has 0 spiro atoms. The highest BCUT2D eigenvalue weighted by Crippen LogP contribution is 2.32. The summed E-state index contributed by atoms with van der Waals surface area (Å²) in [5.74, 6) is 1.28. The Morgan fingerprint density at radius 2 is 2.06 bits per heavy atom. The summed E-state index contributed by atoms with van der Waals surface area (Å²) in [7, 11) is 0. The number of nitrogens with zero attached hydrogens (tertiary/aromatic N) is 2. The van der Waals surface area contributed by atoms with Gasteiger partial charge in [0.25, 0.3) is 5.91 Å². The van der Waals surface area contributed by atoms with Crippen LogP contribution in [0, 0.1) is 0 Å². The standard InChI is InChI=1S/C21H19Cl2N3O3.2ClH/c22-14-3-4-17(18(23)10-14)19-5-6-20(29-19)21(27)26-9-8-25-11-15(26)13-28-16-2-1-7-24-12-16;;/h1-7,10,12,15,25H,8-9,11,13H2;2*1H. The van der Waals surface area contributed by atoms with Crippen molar-refractivity contribution < 1.29 is 13.9 Å². The minimum atomic E-state index is -0.178. The van der Waals surface area contributed by atoms with Gasteiger partial charge in [0.05, 0.1) is 17.3 Å². The third-order valence-corrected chi connectivity index (χ3v) is 5.25. The molecule has 1 unspecified atom stereocenters. The van der Waals surface area contributed by atoms with Gasteiger partial charge in [-0.15, -0.1) is 24.8 Å². The number of rotatable bonds is 5. The Balaban J connectivity index is 0.00000171. The zero-order valence-electron chi connectivity index (χ0n) is 16.3. The fraction of sp³-hybridized carbons (Fsp3) is 0.238. The number of pyridine rings is 1. The summed E-state index contributed by atoms with van der Waals surface area (Å²) in [6, 6.07) is 12.1. The molecular formula is C21H21Cl4N3O3. The molecule has 1 aliphatic heterocycles. The third-order valence-electron chi connectivity index (χ3n) is 4.70. The third kappa shape index (κ3) is 6.05. The predicted octanol–water partition coefficient (Wildman–Crippen LogP) is 4.99. The molecule has 6 nitrogen and oxygen atoms in total. The molecule has 1 atom stereocenters. The van der Waals surface area contributed by atoms with Crippen LogP contribution in [0.3, 0.4) is 0 Å². The van der Waals surface area contributed by atoms with Gasteiger partial charge in [-0.2, -0.15) is 0 Å². The van der Waals surface area contributed by atoms with Crippen molar-refractivity contribution >= 4 is 53.9 Å². The Hall–Kier alpha value is -1.96. The molecule has 0 radical (unpaired) electrons. The number of aromatic nitrogens is 1. The van der Waals surface area contributed by atoms with E-state index in [2.05, 4.69) is 10.3 Å². The number of piperazine rings is 1. The summed E-state index contributed by atoms with van der Waals surface area (Å²) in [6.07, 6.45) is 3.34. The molecule has 4 rings (SSSR count). The SMILES string of the molecule is Cl.Cl.O=C(c1ccc(-c2ccc(Cl)cc2Cl)o1)N1CCNCC1COc1cccnc1. The first-order valence-electron chi connectivity index (χ1n) is 9.21. The number of carbonyl (C=O) groups excluding carboxylic acids is 1. The van der Waals surface area contributed by atoms with Gasteiger partial charge in [0.15, 0.2) is 5.76 Å². The van der Waals surface area contributed by atoms with Gasteiger partial charge in [0.1, 0.15) is 18.1 Å². The van der Waals surface area contributed by atoms with E-state index in [1.807, 2.05) is 12.1 Å². The average Bonchev–Trinajstić information content (AvgIpc) is 3.22. The van der Waals surface area contributed by atoms with Gasteiger partial charge in [-0.05, 0) is 42.5 Å². The summed E-state index contributed by atoms with van der Waals surface area (Å²) < 4.78 is 11.6. The van der Waals surface area contributed by atoms with Crippen LogP contribution in [0.5, 0.6) is 5.75 Å². The number of carbonyl (C=O) groups is 1. The Labute approximate surface area is 202 Å². The van der Waals surface area contributed by atoms with E-state index in [-0.39, 0.29) is 42.5 Å². The lowest BCUT2D eigenvalue weighted by Crippen LogP contribution is -2.55. The highest BCUT2D eigenvalue weighted by Gasteiger charge is 2.30. The van der Waals surface area contributed by atoms with Crippen LogP contribution in [0.1, 0.15) is 10.6 Å². The largest absolute Gasteiger partial charge is 0.490 e. The van der Waals surface area contributed by atoms with Crippen LogP contribution in [0.15, 0.2) is 59.3 Å². The quantitative estimate of drug-likeness (QED) is 0.530. The number of nitrogens with one attached hydrogen (secondary N) is 1. The van der Waals surface area contributed by atoms with Crippen molar-refractivity contribution in [3.63, 3.8) is 0 Å². The molecule has 31 heavy (non-hydrogen) atoms. The molecule has 2 aromatic heterocycles. The van der Waals surface area contributed by atoms with Crippen molar-refractivity contribution in [3.8, 4) is 17.1 Å². The van der Waals surface area contributed by atoms with Crippen molar-refractivity contribution in [2.75, 3.05) is 26.2 Å². The lowest BCUT2D eigenvalue weighted by atomic mass is 10.2. The zero-order valence-corrected chi connectivity index (χ0v) is 19.4. The Morgan fingerprint density at radius 3 is 2.81 bits per heavy atom. The maximum Gasteiger partial charge on any atom is 0.290 e. The summed E-state index contributed by atoms with van der Waals surface area (Å²) in [5, 5.41) is 4.31. The molecule has 1 N–H and O–H groups in total. The van der Waals surface area contributed by atoms with Crippen molar-refractivity contribution in [1.29, 1.82) is 0 Å². The highest BCUT2D eigenvalue weighted by molar-refractivity contribution is 6.36. The van der Waals surface area contributed by atoms with E-state index in [1.165, 1.54) is 0 Å². The molecular weight excluding hydrogens is 484 g/mol. The van der Waals surface area contributed by atoms with Crippen LogP contribution in [0.25, 0.3) is 11.3 Å². The molecule has 0 aliphatic carbocycles. The molecule has 1 aromatic carbocycles. The van der Waals surface area contributed by atoms with E-state index in [9.17, 15) is 4.79 Å². The van der Waals surface area contributed by atoms with Crippen LogP contribution in [-0.4, -0.2) is 48.1 Å². The van der Waals surface area contributed by atoms with E-state index in [0.717, 1.165) is 0 Å². The normalized spacial score (nSPS) is 15.5. The number of halogens is 4. The topological polar surface area (TPSA) is 67.6 Å². The van der Waals surface area contributed by atoms with E-state index >= 15 is 0 Å². The molecule has 1 saturated heterocycles. The maximum absolute atomic E-state index is 13.1. The minimum Gasteiger partial charge on any atom is -0.490 e.